The van der Waals surface area contributed by atoms with Gasteiger partial charge in [-0.2, -0.15) is 0 Å². The number of esters is 1. The van der Waals surface area contributed by atoms with Crippen molar-refractivity contribution in [2.45, 2.75) is 32.1 Å². The highest BCUT2D eigenvalue weighted by Crippen LogP contribution is 2.16. The summed E-state index contributed by atoms with van der Waals surface area (Å²) in [5.74, 6) is -1.13. The van der Waals surface area contributed by atoms with Crippen LogP contribution in [-0.2, 0) is 24.3 Å². The van der Waals surface area contributed by atoms with Gasteiger partial charge in [-0.25, -0.2) is 13.1 Å². The maximum atomic E-state index is 12.3. The number of rotatable bonds is 8. The van der Waals surface area contributed by atoms with E-state index in [0.717, 1.165) is 11.1 Å². The summed E-state index contributed by atoms with van der Waals surface area (Å²) in [5, 5.41) is 2.61. The third-order valence-electron chi connectivity index (χ3n) is 3.94. The van der Waals surface area contributed by atoms with E-state index in [9.17, 15) is 18.0 Å². The lowest BCUT2D eigenvalue weighted by Crippen LogP contribution is -2.28. The molecule has 150 valence electrons. The molecule has 2 aromatic carbocycles. The molecule has 0 aliphatic rings. The number of amides is 1. The number of benzene rings is 2. The van der Waals surface area contributed by atoms with Crippen LogP contribution in [0.2, 0.25) is 0 Å². The Hall–Kier alpha value is -2.71. The molecule has 2 aromatic rings. The van der Waals surface area contributed by atoms with Gasteiger partial charge in [-0.1, -0.05) is 35.4 Å². The largest absolute Gasteiger partial charge is 0.456 e. The summed E-state index contributed by atoms with van der Waals surface area (Å²) in [6, 6.07) is 12.2. The molecule has 2 N–H and O–H groups in total. The van der Waals surface area contributed by atoms with Gasteiger partial charge in [-0.15, -0.1) is 0 Å². The molecule has 2 rings (SSSR count). The summed E-state index contributed by atoms with van der Waals surface area (Å²) in [5.41, 5.74) is 3.26. The third kappa shape index (κ3) is 6.47. The lowest BCUT2D eigenvalue weighted by atomic mass is 10.2. The molecule has 8 heteroatoms. The summed E-state index contributed by atoms with van der Waals surface area (Å²) in [4.78, 5) is 23.7. The molecular formula is C20H24N2O5S. The van der Waals surface area contributed by atoms with Gasteiger partial charge in [-0.3, -0.25) is 9.59 Å². The minimum absolute atomic E-state index is 0.117. The smallest absolute Gasteiger partial charge is 0.307 e. The molecule has 28 heavy (non-hydrogen) atoms. The first-order valence-electron chi connectivity index (χ1n) is 8.76. The Bertz CT molecular complexity index is 953. The number of hydrogen-bond acceptors (Lipinski definition) is 5. The van der Waals surface area contributed by atoms with E-state index < -0.39 is 28.5 Å². The first-order chi connectivity index (χ1) is 13.2. The van der Waals surface area contributed by atoms with Crippen molar-refractivity contribution >= 4 is 27.6 Å². The summed E-state index contributed by atoms with van der Waals surface area (Å²) >= 11 is 0. The minimum Gasteiger partial charge on any atom is -0.456 e. The Kier molecular flexibility index (Phi) is 7.31. The Morgan fingerprint density at radius 1 is 0.964 bits per heavy atom. The predicted octanol–water partition coefficient (Wildman–Crippen LogP) is 2.46. The van der Waals surface area contributed by atoms with Crippen molar-refractivity contribution < 1.29 is 22.7 Å². The van der Waals surface area contributed by atoms with Crippen molar-refractivity contribution in [2.75, 3.05) is 18.5 Å². The number of carbonyl (C=O) groups excluding carboxylic acids is 2. The summed E-state index contributed by atoms with van der Waals surface area (Å²) < 4.78 is 31.9. The quantitative estimate of drug-likeness (QED) is 0.658. The summed E-state index contributed by atoms with van der Waals surface area (Å²) in [7, 11) is -3.72. The van der Waals surface area contributed by atoms with E-state index in [1.807, 2.05) is 26.0 Å². The molecule has 0 aromatic heterocycles. The van der Waals surface area contributed by atoms with Crippen LogP contribution in [0.1, 0.15) is 23.1 Å². The molecule has 7 nitrogen and oxygen atoms in total. The Morgan fingerprint density at radius 3 is 2.25 bits per heavy atom. The van der Waals surface area contributed by atoms with Crippen LogP contribution in [-0.4, -0.2) is 33.4 Å². The van der Waals surface area contributed by atoms with E-state index >= 15 is 0 Å². The molecule has 1 amide bonds. The molecule has 0 heterocycles. The number of nitrogens with one attached hydrogen (secondary N) is 2. The molecule has 0 fully saturated rings. The average Bonchev–Trinajstić information content (AvgIpc) is 2.61. The molecule has 0 aliphatic carbocycles. The highest BCUT2D eigenvalue weighted by Gasteiger charge is 2.17. The van der Waals surface area contributed by atoms with Gasteiger partial charge >= 0.3 is 5.97 Å². The number of hydrogen-bond donors (Lipinski definition) is 2. The van der Waals surface area contributed by atoms with Gasteiger partial charge in [0.2, 0.25) is 10.0 Å². The number of anilines is 1. The lowest BCUT2D eigenvalue weighted by molar-refractivity contribution is -0.147. The average molecular weight is 404 g/mol. The second-order valence-electron chi connectivity index (χ2n) is 6.49. The maximum Gasteiger partial charge on any atom is 0.307 e. The number of ether oxygens (including phenoxy) is 1. The SMILES string of the molecule is Cc1ccc(NC(=O)COC(=O)CCNS(=O)(=O)c2ccc(C)cc2C)cc1. The molecule has 0 unspecified atom stereocenters. The van der Waals surface area contributed by atoms with Crippen molar-refractivity contribution in [3.05, 3.63) is 59.2 Å². The minimum atomic E-state index is -3.72. The van der Waals surface area contributed by atoms with Gasteiger partial charge in [0.05, 0.1) is 11.3 Å². The normalized spacial score (nSPS) is 11.1. The van der Waals surface area contributed by atoms with Crippen LogP contribution in [0.5, 0.6) is 0 Å². The van der Waals surface area contributed by atoms with Crippen molar-refractivity contribution in [2.24, 2.45) is 0 Å². The molecule has 0 atom stereocenters. The monoisotopic (exact) mass is 404 g/mol. The third-order valence-corrected chi connectivity index (χ3v) is 5.56. The topological polar surface area (TPSA) is 102 Å². The van der Waals surface area contributed by atoms with E-state index in [1.165, 1.54) is 6.07 Å². The Labute approximate surface area is 165 Å². The van der Waals surface area contributed by atoms with Crippen LogP contribution >= 0.6 is 0 Å². The first kappa shape index (κ1) is 21.6. The van der Waals surface area contributed by atoms with Crippen molar-refractivity contribution in [1.82, 2.24) is 4.72 Å². The van der Waals surface area contributed by atoms with Crippen LogP contribution in [0, 0.1) is 20.8 Å². The highest BCUT2D eigenvalue weighted by atomic mass is 32.2. The molecule has 0 aliphatic heterocycles. The fraction of sp³-hybridized carbons (Fsp3) is 0.300. The number of carbonyl (C=O) groups is 2. The summed E-state index contributed by atoms with van der Waals surface area (Å²) in [6.45, 7) is 4.97. The first-order valence-corrected chi connectivity index (χ1v) is 10.2. The Morgan fingerprint density at radius 2 is 1.61 bits per heavy atom. The zero-order valence-corrected chi connectivity index (χ0v) is 16.9. The molecular weight excluding hydrogens is 380 g/mol. The van der Waals surface area contributed by atoms with Crippen LogP contribution in [0.3, 0.4) is 0 Å². The second-order valence-corrected chi connectivity index (χ2v) is 8.23. The predicted molar refractivity (Wildman–Crippen MR) is 106 cm³/mol. The van der Waals surface area contributed by atoms with Gasteiger partial charge in [-0.05, 0) is 44.5 Å². The van der Waals surface area contributed by atoms with Crippen LogP contribution < -0.4 is 10.0 Å². The van der Waals surface area contributed by atoms with Gasteiger partial charge in [0.25, 0.3) is 5.91 Å². The van der Waals surface area contributed by atoms with Crippen LogP contribution in [0.25, 0.3) is 0 Å². The molecule has 0 bridgehead atoms. The fourth-order valence-electron chi connectivity index (χ4n) is 2.52. The highest BCUT2D eigenvalue weighted by molar-refractivity contribution is 7.89. The van der Waals surface area contributed by atoms with Crippen molar-refractivity contribution in [3.63, 3.8) is 0 Å². The zero-order chi connectivity index (χ0) is 20.7. The molecule has 0 saturated heterocycles. The van der Waals surface area contributed by atoms with E-state index in [2.05, 4.69) is 10.0 Å². The van der Waals surface area contributed by atoms with Crippen molar-refractivity contribution in [3.8, 4) is 0 Å². The molecule has 0 spiro atoms. The van der Waals surface area contributed by atoms with E-state index in [0.29, 0.717) is 11.3 Å². The van der Waals surface area contributed by atoms with E-state index in [-0.39, 0.29) is 17.9 Å². The van der Waals surface area contributed by atoms with E-state index in [1.54, 1.807) is 31.2 Å². The lowest BCUT2D eigenvalue weighted by Gasteiger charge is -2.10. The standard InChI is InChI=1S/C20H24N2O5S/c1-14-4-7-17(8-5-14)22-19(23)13-27-20(24)10-11-21-28(25,26)18-9-6-15(2)12-16(18)3/h4-9,12,21H,10-11,13H2,1-3H3,(H,22,23). The van der Waals surface area contributed by atoms with E-state index in [4.69, 9.17) is 4.74 Å². The van der Waals surface area contributed by atoms with Crippen LogP contribution in [0.4, 0.5) is 5.69 Å². The Balaban J connectivity index is 1.76. The van der Waals surface area contributed by atoms with Gasteiger partial charge in [0.1, 0.15) is 0 Å². The molecule has 0 radical (unpaired) electrons. The van der Waals surface area contributed by atoms with Gasteiger partial charge in [0.15, 0.2) is 6.61 Å². The van der Waals surface area contributed by atoms with Gasteiger partial charge < -0.3 is 10.1 Å². The summed E-state index contributed by atoms with van der Waals surface area (Å²) in [6.07, 6.45) is -0.179. The number of sulfonamides is 1. The molecule has 0 saturated carbocycles. The maximum absolute atomic E-state index is 12.3. The number of aryl methyl sites for hydroxylation is 3. The van der Waals surface area contributed by atoms with Crippen LogP contribution in [0.15, 0.2) is 47.4 Å². The second kappa shape index (κ2) is 9.48. The van der Waals surface area contributed by atoms with Gasteiger partial charge in [0, 0.05) is 12.2 Å². The zero-order valence-electron chi connectivity index (χ0n) is 16.1. The fourth-order valence-corrected chi connectivity index (χ4v) is 3.77. The van der Waals surface area contributed by atoms with Crippen molar-refractivity contribution in [1.29, 1.82) is 0 Å².